The second-order valence-corrected chi connectivity index (χ2v) is 4.39. The molecule has 0 atom stereocenters. The minimum absolute atomic E-state index is 0.746. The summed E-state index contributed by atoms with van der Waals surface area (Å²) < 4.78 is 1.99. The smallest absolute Gasteiger partial charge is 0.145 e. The SMILES string of the molecule is Cc1cccnc1-n1ccnc1-c1ccc(N)cc1. The van der Waals surface area contributed by atoms with Gasteiger partial charge in [0.15, 0.2) is 0 Å². The summed E-state index contributed by atoms with van der Waals surface area (Å²) in [5.74, 6) is 1.76. The molecule has 2 N–H and O–H groups in total. The highest BCUT2D eigenvalue weighted by molar-refractivity contribution is 5.61. The van der Waals surface area contributed by atoms with Gasteiger partial charge in [-0.1, -0.05) is 6.07 Å². The van der Waals surface area contributed by atoms with E-state index < -0.39 is 0 Å². The fourth-order valence-electron chi connectivity index (χ4n) is 2.05. The summed E-state index contributed by atoms with van der Waals surface area (Å²) >= 11 is 0. The Morgan fingerprint density at radius 3 is 2.53 bits per heavy atom. The molecule has 0 saturated carbocycles. The molecule has 94 valence electrons. The van der Waals surface area contributed by atoms with E-state index in [1.807, 2.05) is 54.1 Å². The van der Waals surface area contributed by atoms with Crippen LogP contribution in [0, 0.1) is 6.92 Å². The fraction of sp³-hybridized carbons (Fsp3) is 0.0667. The molecule has 0 bridgehead atoms. The van der Waals surface area contributed by atoms with Crippen molar-refractivity contribution in [1.82, 2.24) is 14.5 Å². The molecule has 0 unspecified atom stereocenters. The third kappa shape index (κ3) is 2.08. The van der Waals surface area contributed by atoms with Gasteiger partial charge in [0.25, 0.3) is 0 Å². The van der Waals surface area contributed by atoms with E-state index in [9.17, 15) is 0 Å². The molecule has 3 aromatic rings. The van der Waals surface area contributed by atoms with E-state index in [-0.39, 0.29) is 0 Å². The second-order valence-electron chi connectivity index (χ2n) is 4.39. The number of imidazole rings is 1. The number of hydrogen-bond donors (Lipinski definition) is 1. The standard InChI is InChI=1S/C15H14N4/c1-11-3-2-8-17-14(11)19-10-9-18-15(19)12-4-6-13(16)7-5-12/h2-10H,16H2,1H3. The van der Waals surface area contributed by atoms with Crippen LogP contribution in [0.4, 0.5) is 5.69 Å². The van der Waals surface area contributed by atoms with Crippen LogP contribution in [-0.4, -0.2) is 14.5 Å². The van der Waals surface area contributed by atoms with Crippen molar-refractivity contribution in [3.63, 3.8) is 0 Å². The maximum atomic E-state index is 5.71. The van der Waals surface area contributed by atoms with Gasteiger partial charge < -0.3 is 5.73 Å². The van der Waals surface area contributed by atoms with Crippen molar-refractivity contribution in [2.24, 2.45) is 0 Å². The number of benzene rings is 1. The van der Waals surface area contributed by atoms with Gasteiger partial charge in [-0.05, 0) is 42.8 Å². The largest absolute Gasteiger partial charge is 0.399 e. The van der Waals surface area contributed by atoms with Crippen molar-refractivity contribution in [3.05, 3.63) is 60.6 Å². The summed E-state index contributed by atoms with van der Waals surface area (Å²) in [7, 11) is 0. The summed E-state index contributed by atoms with van der Waals surface area (Å²) in [4.78, 5) is 8.84. The Balaban J connectivity index is 2.13. The van der Waals surface area contributed by atoms with Crippen molar-refractivity contribution in [3.8, 4) is 17.2 Å². The molecule has 0 saturated heterocycles. The fourth-order valence-corrected chi connectivity index (χ4v) is 2.05. The predicted octanol–water partition coefficient (Wildman–Crippen LogP) is 2.82. The molecule has 2 heterocycles. The monoisotopic (exact) mass is 250 g/mol. The number of nitrogen functional groups attached to an aromatic ring is 1. The Bertz CT molecular complexity index is 698. The quantitative estimate of drug-likeness (QED) is 0.711. The van der Waals surface area contributed by atoms with Gasteiger partial charge in [-0.3, -0.25) is 4.57 Å². The number of nitrogens with two attached hydrogens (primary N) is 1. The molecule has 2 aromatic heterocycles. The van der Waals surface area contributed by atoms with Gasteiger partial charge in [-0.2, -0.15) is 0 Å². The molecule has 0 spiro atoms. The lowest BCUT2D eigenvalue weighted by Gasteiger charge is -2.09. The molecule has 0 amide bonds. The average Bonchev–Trinajstić information content (AvgIpc) is 2.89. The first-order valence-corrected chi connectivity index (χ1v) is 6.07. The maximum Gasteiger partial charge on any atom is 0.145 e. The van der Waals surface area contributed by atoms with E-state index in [4.69, 9.17) is 5.73 Å². The lowest BCUT2D eigenvalue weighted by atomic mass is 10.2. The average molecular weight is 250 g/mol. The van der Waals surface area contributed by atoms with Gasteiger partial charge in [0.05, 0.1) is 0 Å². The van der Waals surface area contributed by atoms with Crippen LogP contribution < -0.4 is 5.73 Å². The topological polar surface area (TPSA) is 56.7 Å². The van der Waals surface area contributed by atoms with Gasteiger partial charge in [0.2, 0.25) is 0 Å². The van der Waals surface area contributed by atoms with Crippen LogP contribution in [0.25, 0.3) is 17.2 Å². The Hall–Kier alpha value is -2.62. The number of rotatable bonds is 2. The number of aromatic nitrogens is 3. The molecular formula is C15H14N4. The van der Waals surface area contributed by atoms with Gasteiger partial charge in [0, 0.05) is 29.8 Å². The molecule has 4 nitrogen and oxygen atoms in total. The Morgan fingerprint density at radius 2 is 1.79 bits per heavy atom. The number of aryl methyl sites for hydroxylation is 1. The van der Waals surface area contributed by atoms with Gasteiger partial charge in [-0.25, -0.2) is 9.97 Å². The molecule has 19 heavy (non-hydrogen) atoms. The molecule has 0 aliphatic heterocycles. The van der Waals surface area contributed by atoms with Gasteiger partial charge >= 0.3 is 0 Å². The number of pyridine rings is 1. The maximum absolute atomic E-state index is 5.71. The van der Waals surface area contributed by atoms with Crippen LogP contribution in [0.2, 0.25) is 0 Å². The van der Waals surface area contributed by atoms with Crippen molar-refractivity contribution >= 4 is 5.69 Å². The van der Waals surface area contributed by atoms with E-state index in [1.165, 1.54) is 0 Å². The number of anilines is 1. The van der Waals surface area contributed by atoms with Crippen LogP contribution in [0.1, 0.15) is 5.56 Å². The summed E-state index contributed by atoms with van der Waals surface area (Å²) in [5, 5.41) is 0. The lowest BCUT2D eigenvalue weighted by molar-refractivity contribution is 0.984. The summed E-state index contributed by atoms with van der Waals surface area (Å²) in [6.45, 7) is 2.04. The van der Waals surface area contributed by atoms with Gasteiger partial charge in [-0.15, -0.1) is 0 Å². The summed E-state index contributed by atoms with van der Waals surface area (Å²) in [6.07, 6.45) is 5.48. The summed E-state index contributed by atoms with van der Waals surface area (Å²) in [5.41, 5.74) is 8.59. The van der Waals surface area contributed by atoms with E-state index in [0.717, 1.165) is 28.5 Å². The molecule has 0 radical (unpaired) electrons. The highest BCUT2D eigenvalue weighted by Crippen LogP contribution is 2.22. The molecular weight excluding hydrogens is 236 g/mol. The van der Waals surface area contributed by atoms with E-state index in [0.29, 0.717) is 0 Å². The molecule has 0 aliphatic rings. The zero-order chi connectivity index (χ0) is 13.2. The van der Waals surface area contributed by atoms with Crippen LogP contribution in [0.3, 0.4) is 0 Å². The normalized spacial score (nSPS) is 10.6. The molecule has 0 aliphatic carbocycles. The van der Waals surface area contributed by atoms with Crippen molar-refractivity contribution in [2.45, 2.75) is 6.92 Å². The first-order valence-electron chi connectivity index (χ1n) is 6.07. The minimum Gasteiger partial charge on any atom is -0.399 e. The molecule has 4 heteroatoms. The van der Waals surface area contributed by atoms with Crippen LogP contribution in [0.5, 0.6) is 0 Å². The third-order valence-electron chi connectivity index (χ3n) is 3.02. The molecule has 3 rings (SSSR count). The highest BCUT2D eigenvalue weighted by Gasteiger charge is 2.09. The molecule has 1 aromatic carbocycles. The summed E-state index contributed by atoms with van der Waals surface area (Å²) in [6, 6.07) is 11.6. The van der Waals surface area contributed by atoms with Crippen molar-refractivity contribution < 1.29 is 0 Å². The van der Waals surface area contributed by atoms with Crippen LogP contribution in [0.15, 0.2) is 55.0 Å². The van der Waals surface area contributed by atoms with Crippen molar-refractivity contribution in [1.29, 1.82) is 0 Å². The van der Waals surface area contributed by atoms with E-state index in [2.05, 4.69) is 9.97 Å². The van der Waals surface area contributed by atoms with E-state index in [1.54, 1.807) is 12.4 Å². The van der Waals surface area contributed by atoms with Crippen LogP contribution >= 0.6 is 0 Å². The van der Waals surface area contributed by atoms with Gasteiger partial charge in [0.1, 0.15) is 11.6 Å². The Labute approximate surface area is 111 Å². The Kier molecular flexibility index (Phi) is 2.76. The third-order valence-corrected chi connectivity index (χ3v) is 3.02. The van der Waals surface area contributed by atoms with Crippen LogP contribution in [-0.2, 0) is 0 Å². The number of nitrogens with zero attached hydrogens (tertiary/aromatic N) is 3. The number of hydrogen-bond acceptors (Lipinski definition) is 3. The predicted molar refractivity (Wildman–Crippen MR) is 75.9 cm³/mol. The highest BCUT2D eigenvalue weighted by atomic mass is 15.1. The zero-order valence-corrected chi connectivity index (χ0v) is 10.6. The first-order chi connectivity index (χ1) is 9.25. The first kappa shape index (κ1) is 11.5. The van der Waals surface area contributed by atoms with Crippen molar-refractivity contribution in [2.75, 3.05) is 5.73 Å². The second kappa shape index (κ2) is 4.57. The van der Waals surface area contributed by atoms with E-state index >= 15 is 0 Å². The minimum atomic E-state index is 0.746. The molecule has 0 fully saturated rings. The zero-order valence-electron chi connectivity index (χ0n) is 10.6. The Morgan fingerprint density at radius 1 is 1.00 bits per heavy atom. The lowest BCUT2D eigenvalue weighted by Crippen LogP contribution is -2.01.